The minimum absolute atomic E-state index is 0.106. The number of carboxylic acid groups (broad SMARTS) is 1. The van der Waals surface area contributed by atoms with Crippen molar-refractivity contribution in [1.29, 1.82) is 5.26 Å². The Morgan fingerprint density at radius 3 is 2.27 bits per heavy atom. The zero-order valence-electron chi connectivity index (χ0n) is 21.8. The van der Waals surface area contributed by atoms with E-state index in [0.717, 1.165) is 88.7 Å². The van der Waals surface area contributed by atoms with Crippen molar-refractivity contribution in [2.45, 2.75) is 77.6 Å². The Labute approximate surface area is 228 Å². The first kappa shape index (κ1) is 28.9. The molecule has 1 aromatic rings. The van der Waals surface area contributed by atoms with Crippen LogP contribution in [0.4, 0.5) is 5.82 Å². The zero-order valence-corrected chi connectivity index (χ0v) is 23.4. The molecule has 2 aliphatic heterocycles. The number of carbonyl (C=O) groups is 2. The molecule has 1 amide bonds. The number of nitrogens with zero attached hydrogens (tertiary/aromatic N) is 4. The van der Waals surface area contributed by atoms with Crippen molar-refractivity contribution in [2.75, 3.05) is 24.5 Å². The lowest BCUT2D eigenvalue weighted by Gasteiger charge is -2.25. The summed E-state index contributed by atoms with van der Waals surface area (Å²) in [5.41, 5.74) is 1.13. The number of pyridine rings is 1. The van der Waals surface area contributed by atoms with Crippen LogP contribution in [0.5, 0.6) is 0 Å². The van der Waals surface area contributed by atoms with Gasteiger partial charge in [-0.25, -0.2) is 0 Å². The number of anilines is 1. The van der Waals surface area contributed by atoms with Gasteiger partial charge in [0.15, 0.2) is 0 Å². The highest BCUT2D eigenvalue weighted by Gasteiger charge is 2.33. The summed E-state index contributed by atoms with van der Waals surface area (Å²) in [5.74, 6) is -0.0891. The van der Waals surface area contributed by atoms with Crippen molar-refractivity contribution in [3.63, 3.8) is 0 Å². The molecule has 2 aliphatic rings. The summed E-state index contributed by atoms with van der Waals surface area (Å²) in [4.78, 5) is 40.9. The number of aromatic nitrogens is 1. The Hall–Kier alpha value is -2.64. The second-order valence-corrected chi connectivity index (χ2v) is 11.4. The summed E-state index contributed by atoms with van der Waals surface area (Å²) in [6, 6.07) is 2.05. The molecule has 8 nitrogen and oxygen atoms in total. The fourth-order valence-electron chi connectivity index (χ4n) is 4.95. The second-order valence-electron chi connectivity index (χ2n) is 9.71. The molecule has 1 aromatic heterocycles. The molecule has 0 bridgehead atoms. The van der Waals surface area contributed by atoms with Gasteiger partial charge in [0.1, 0.15) is 21.8 Å². The van der Waals surface area contributed by atoms with E-state index in [9.17, 15) is 19.6 Å². The number of hydrogen-bond acceptors (Lipinski definition) is 7. The Bertz CT molecular complexity index is 1160. The van der Waals surface area contributed by atoms with E-state index in [0.29, 0.717) is 21.3 Å². The Morgan fingerprint density at radius 1 is 1.08 bits per heavy atom. The van der Waals surface area contributed by atoms with Gasteiger partial charge in [0, 0.05) is 38.7 Å². The molecule has 37 heavy (non-hydrogen) atoms. The van der Waals surface area contributed by atoms with Crippen LogP contribution < -0.4 is 10.5 Å². The van der Waals surface area contributed by atoms with Crippen LogP contribution in [0.3, 0.4) is 0 Å². The van der Waals surface area contributed by atoms with Gasteiger partial charge >= 0.3 is 5.97 Å². The van der Waals surface area contributed by atoms with Crippen LogP contribution in [0.15, 0.2) is 9.70 Å². The molecule has 1 N–H and O–H groups in total. The predicted octanol–water partition coefficient (Wildman–Crippen LogP) is 4.96. The second kappa shape index (κ2) is 13.8. The minimum Gasteiger partial charge on any atom is -0.481 e. The highest BCUT2D eigenvalue weighted by Crippen LogP contribution is 2.36. The number of carboxylic acids is 1. The maximum atomic E-state index is 13.2. The summed E-state index contributed by atoms with van der Waals surface area (Å²) in [6.07, 6.45) is 12.1. The van der Waals surface area contributed by atoms with E-state index < -0.39 is 5.97 Å². The summed E-state index contributed by atoms with van der Waals surface area (Å²) >= 11 is 6.80. The highest BCUT2D eigenvalue weighted by molar-refractivity contribution is 8.26. The molecule has 200 valence electrons. The van der Waals surface area contributed by atoms with Crippen LogP contribution in [0, 0.1) is 18.3 Å². The first-order valence-corrected chi connectivity index (χ1v) is 14.3. The number of hydrogen-bond donors (Lipinski definition) is 1. The third-order valence-electron chi connectivity index (χ3n) is 7.04. The standard InChI is InChI=1S/C27H36N4O4S2/c1-19-20(24(30-14-11-12-15-30)29(2)25(34)21(19)18-28)17-22-26(35)31(27(36)37-22)16-10-8-6-4-3-5-7-9-13-23(32)33/h17H,3-16H2,1-2H3,(H,32,33). The number of nitriles is 1. The quantitative estimate of drug-likeness (QED) is 0.211. The topological polar surface area (TPSA) is 107 Å². The Balaban J connectivity index is 1.62. The third-order valence-corrected chi connectivity index (χ3v) is 8.42. The molecule has 2 fully saturated rings. The number of aliphatic carboxylic acids is 1. The van der Waals surface area contributed by atoms with E-state index in [4.69, 9.17) is 17.3 Å². The third kappa shape index (κ3) is 7.23. The van der Waals surface area contributed by atoms with Gasteiger partial charge in [0.25, 0.3) is 11.5 Å². The fraction of sp³-hybridized carbons (Fsp3) is 0.593. The maximum Gasteiger partial charge on any atom is 0.303 e. The lowest BCUT2D eigenvalue weighted by molar-refractivity contribution is -0.137. The van der Waals surface area contributed by atoms with Gasteiger partial charge in [-0.3, -0.25) is 23.9 Å². The lowest BCUT2D eigenvalue weighted by Crippen LogP contribution is -2.31. The molecule has 0 unspecified atom stereocenters. The first-order valence-electron chi connectivity index (χ1n) is 13.1. The average Bonchev–Trinajstić information content (AvgIpc) is 3.48. The van der Waals surface area contributed by atoms with E-state index in [1.165, 1.54) is 16.3 Å². The van der Waals surface area contributed by atoms with Crippen molar-refractivity contribution < 1.29 is 14.7 Å². The number of thiocarbonyl (C=S) groups is 1. The van der Waals surface area contributed by atoms with Gasteiger partial charge < -0.3 is 10.0 Å². The normalized spacial score (nSPS) is 16.7. The molecule has 0 saturated carbocycles. The molecule has 0 radical (unpaired) electrons. The minimum atomic E-state index is -0.728. The number of unbranched alkanes of at least 4 members (excludes halogenated alkanes) is 7. The number of amides is 1. The first-order chi connectivity index (χ1) is 17.8. The van der Waals surface area contributed by atoms with E-state index in [1.807, 2.05) is 12.1 Å². The van der Waals surface area contributed by atoms with Crippen LogP contribution in [0.2, 0.25) is 0 Å². The summed E-state index contributed by atoms with van der Waals surface area (Å²) in [5, 5.41) is 18.3. The molecular formula is C27H36N4O4S2. The van der Waals surface area contributed by atoms with Gasteiger partial charge in [0.2, 0.25) is 0 Å². The van der Waals surface area contributed by atoms with Crippen LogP contribution in [-0.4, -0.2) is 50.4 Å². The smallest absolute Gasteiger partial charge is 0.303 e. The van der Waals surface area contributed by atoms with Gasteiger partial charge in [-0.1, -0.05) is 62.5 Å². The molecule has 3 rings (SSSR count). The molecular weight excluding hydrogens is 508 g/mol. The Morgan fingerprint density at radius 2 is 1.68 bits per heavy atom. The largest absolute Gasteiger partial charge is 0.481 e. The van der Waals surface area contributed by atoms with Crippen LogP contribution in [0.1, 0.15) is 87.3 Å². The Kier molecular flexibility index (Phi) is 10.8. The number of rotatable bonds is 13. The van der Waals surface area contributed by atoms with Crippen molar-refractivity contribution >= 4 is 52.1 Å². The van der Waals surface area contributed by atoms with Crippen molar-refractivity contribution in [2.24, 2.45) is 7.05 Å². The molecule has 10 heteroatoms. The molecule has 0 atom stereocenters. The van der Waals surface area contributed by atoms with E-state index in [1.54, 1.807) is 18.9 Å². The predicted molar refractivity (Wildman–Crippen MR) is 152 cm³/mol. The summed E-state index contributed by atoms with van der Waals surface area (Å²) in [6.45, 7) is 4.03. The average molecular weight is 545 g/mol. The van der Waals surface area contributed by atoms with Gasteiger partial charge in [-0.2, -0.15) is 5.26 Å². The van der Waals surface area contributed by atoms with Crippen molar-refractivity contribution in [3.05, 3.63) is 31.9 Å². The van der Waals surface area contributed by atoms with E-state index in [2.05, 4.69) is 4.90 Å². The molecule has 3 heterocycles. The monoisotopic (exact) mass is 544 g/mol. The maximum absolute atomic E-state index is 13.2. The van der Waals surface area contributed by atoms with Crippen LogP contribution in [0.25, 0.3) is 6.08 Å². The number of carbonyl (C=O) groups excluding carboxylic acids is 1. The lowest BCUT2D eigenvalue weighted by atomic mass is 10.0. The van der Waals surface area contributed by atoms with Crippen LogP contribution in [-0.2, 0) is 16.6 Å². The molecule has 2 saturated heterocycles. The summed E-state index contributed by atoms with van der Waals surface area (Å²) < 4.78 is 2.08. The molecule has 0 spiro atoms. The van der Waals surface area contributed by atoms with Crippen LogP contribution >= 0.6 is 24.0 Å². The molecule has 0 aromatic carbocycles. The summed E-state index contributed by atoms with van der Waals surface area (Å²) in [7, 11) is 1.69. The van der Waals surface area contributed by atoms with Crippen molar-refractivity contribution in [1.82, 2.24) is 9.47 Å². The van der Waals surface area contributed by atoms with E-state index >= 15 is 0 Å². The zero-order chi connectivity index (χ0) is 26.9. The van der Waals surface area contributed by atoms with Gasteiger partial charge in [-0.15, -0.1) is 0 Å². The molecule has 0 aliphatic carbocycles. The van der Waals surface area contributed by atoms with Gasteiger partial charge in [0.05, 0.1) is 4.91 Å². The van der Waals surface area contributed by atoms with E-state index in [-0.39, 0.29) is 23.5 Å². The number of thioether (sulfide) groups is 1. The fourth-order valence-corrected chi connectivity index (χ4v) is 6.24. The van der Waals surface area contributed by atoms with Crippen molar-refractivity contribution in [3.8, 4) is 6.07 Å². The SMILES string of the molecule is Cc1c(C=C2SC(=S)N(CCCCCCCCCCC(=O)O)C2=O)c(N2CCCC2)n(C)c(=O)c1C#N. The van der Waals surface area contributed by atoms with Gasteiger partial charge in [-0.05, 0) is 44.2 Å². The highest BCUT2D eigenvalue weighted by atomic mass is 32.2.